The highest BCUT2D eigenvalue weighted by atomic mass is 31.2. The van der Waals surface area contributed by atoms with Gasteiger partial charge in [-0.1, -0.05) is 0 Å². The monoisotopic (exact) mass is 343 g/mol. The molecular weight excluding hydrogens is 311 g/mol. The van der Waals surface area contributed by atoms with E-state index < -0.39 is 45.2 Å². The van der Waals surface area contributed by atoms with E-state index in [1.807, 2.05) is 0 Å². The van der Waals surface area contributed by atoms with Crippen molar-refractivity contribution >= 4 is 7.60 Å². The van der Waals surface area contributed by atoms with Gasteiger partial charge in [0.15, 0.2) is 0 Å². The highest BCUT2D eigenvalue weighted by molar-refractivity contribution is 7.53. The maximum absolute atomic E-state index is 13.1. The van der Waals surface area contributed by atoms with Gasteiger partial charge in [0.25, 0.3) is 0 Å². The molecule has 1 N–H and O–H groups in total. The van der Waals surface area contributed by atoms with Crippen LogP contribution < -0.4 is 0 Å². The molecule has 2 saturated heterocycles. The molecule has 22 heavy (non-hydrogen) atoms. The zero-order valence-electron chi connectivity index (χ0n) is 15.8. The van der Waals surface area contributed by atoms with Crippen LogP contribution in [0.5, 0.6) is 0 Å². The molecule has 0 aromatic rings. The molecule has 0 amide bonds. The van der Waals surface area contributed by atoms with E-state index in [2.05, 4.69) is 0 Å². The first-order valence-corrected chi connectivity index (χ1v) is 9.13. The largest absolute Gasteiger partial charge is 0.390 e. The maximum Gasteiger partial charge on any atom is 0.331 e. The number of hydrogen-bond donors (Lipinski definition) is 1. The van der Waals surface area contributed by atoms with Crippen LogP contribution in [0.15, 0.2) is 0 Å². The Morgan fingerprint density at radius 3 is 2.95 bits per heavy atom. The fourth-order valence-electron chi connectivity index (χ4n) is 2.24. The van der Waals surface area contributed by atoms with Crippen molar-refractivity contribution in [1.82, 2.24) is 0 Å². The topological polar surface area (TPSA) is 83.5 Å². The van der Waals surface area contributed by atoms with Crippen LogP contribution in [0.25, 0.3) is 0 Å². The van der Waals surface area contributed by atoms with Gasteiger partial charge in [-0.05, 0) is 19.7 Å². The van der Waals surface area contributed by atoms with Crippen LogP contribution in [0.1, 0.15) is 30.3 Å². The molecule has 0 aromatic heterocycles. The van der Waals surface area contributed by atoms with Crippen molar-refractivity contribution in [2.45, 2.75) is 50.6 Å². The van der Waals surface area contributed by atoms with Crippen molar-refractivity contribution in [3.63, 3.8) is 0 Å². The lowest BCUT2D eigenvalue weighted by molar-refractivity contribution is 0.000674. The first-order valence-electron chi connectivity index (χ1n) is 9.26. The first-order chi connectivity index (χ1) is 11.9. The predicted octanol–water partition coefficient (Wildman–Crippen LogP) is 1.58. The summed E-state index contributed by atoms with van der Waals surface area (Å²) in [5, 5.41) is 9.82. The molecule has 2 aliphatic heterocycles. The highest BCUT2D eigenvalue weighted by Crippen LogP contribution is 2.51. The van der Waals surface area contributed by atoms with Crippen LogP contribution in [0.4, 0.5) is 0 Å². The van der Waals surface area contributed by atoms with Gasteiger partial charge in [0.2, 0.25) is 0 Å². The van der Waals surface area contributed by atoms with Crippen LogP contribution >= 0.6 is 7.60 Å². The van der Waals surface area contributed by atoms with Gasteiger partial charge in [-0.15, -0.1) is 0 Å². The molecule has 2 aliphatic rings. The van der Waals surface area contributed by atoms with Crippen molar-refractivity contribution in [3.8, 4) is 0 Å². The van der Waals surface area contributed by atoms with E-state index >= 15 is 0 Å². The summed E-state index contributed by atoms with van der Waals surface area (Å²) in [6.07, 6.45) is -1.87. The van der Waals surface area contributed by atoms with Gasteiger partial charge in [0.05, 0.1) is 33.8 Å². The third-order valence-electron chi connectivity index (χ3n) is 3.56. The average molecular weight is 343 g/mol. The van der Waals surface area contributed by atoms with Crippen molar-refractivity contribution in [3.05, 3.63) is 0 Å². The number of hydrogen-bond acceptors (Lipinski definition) is 7. The first kappa shape index (κ1) is 14.3. The Bertz CT molecular complexity index is 458. The number of ether oxygens (including phenoxy) is 3. The lowest BCUT2D eigenvalue weighted by atomic mass is 10.2. The second kappa shape index (κ2) is 8.73. The molecule has 7 nitrogen and oxygen atoms in total. The van der Waals surface area contributed by atoms with Crippen LogP contribution in [-0.2, 0) is 27.8 Å². The summed E-state index contributed by atoms with van der Waals surface area (Å²) >= 11 is 0. The van der Waals surface area contributed by atoms with Gasteiger partial charge >= 0.3 is 7.60 Å². The lowest BCUT2D eigenvalue weighted by Gasteiger charge is -2.25. The van der Waals surface area contributed by atoms with E-state index in [0.717, 1.165) is 0 Å². The minimum absolute atomic E-state index is 0.0942. The number of aliphatic hydroxyl groups excluding tert-OH is 1. The average Bonchev–Trinajstić information content (AvgIpc) is 3.06. The van der Waals surface area contributed by atoms with Crippen LogP contribution in [0.3, 0.4) is 0 Å². The Kier molecular flexibility index (Phi) is 5.69. The summed E-state index contributed by atoms with van der Waals surface area (Å²) in [6, 6.07) is 0. The Morgan fingerprint density at radius 2 is 2.27 bits per heavy atom. The SMILES string of the molecule is [2H]C[C@H]1O[C@H]([3H])C[C@@H]1OP(=O)(CCCOC)OC[C@H]1O[C@H]([3H])C[C@@H]1O. The maximum atomic E-state index is 13.1. The van der Waals surface area contributed by atoms with Gasteiger partial charge in [-0.3, -0.25) is 4.57 Å². The van der Waals surface area contributed by atoms with Gasteiger partial charge in [0, 0.05) is 34.7 Å². The summed E-state index contributed by atoms with van der Waals surface area (Å²) in [4.78, 5) is 0. The number of aliphatic hydroxyl groups is 1. The van der Waals surface area contributed by atoms with Crippen LogP contribution in [0, 0.1) is 0 Å². The Labute approximate surface area is 136 Å². The fraction of sp³-hybridized carbons (Fsp3) is 1.00. The zero-order valence-corrected chi connectivity index (χ0v) is 13.7. The fourth-order valence-corrected chi connectivity index (χ4v) is 4.06. The summed E-state index contributed by atoms with van der Waals surface area (Å²) in [5.41, 5.74) is 0. The third-order valence-corrected chi connectivity index (χ3v) is 5.56. The molecule has 2 rings (SSSR count). The molecule has 2 fully saturated rings. The number of rotatable bonds is 9. The van der Waals surface area contributed by atoms with Crippen molar-refractivity contribution in [1.29, 1.82) is 0 Å². The second-order valence-electron chi connectivity index (χ2n) is 5.34. The smallest absolute Gasteiger partial charge is 0.331 e. The van der Waals surface area contributed by atoms with Gasteiger partial charge in [-0.25, -0.2) is 0 Å². The standard InChI is InChI=1S/C14H27O7P/c1-11-13(5-8-18-11)21-22(16,9-3-6-17-2)20-10-14-12(15)4-7-19-14/h11-15H,3-10H2,1-2H3/t11-,12+,13+,14-,22?/m1/s1/i1D,7T,8T/t7-,8-,11-,12+,13+,14-,22?. The molecular formula is C14H27O7P. The number of methoxy groups -OCH3 is 1. The quantitative estimate of drug-likeness (QED) is 0.502. The highest BCUT2D eigenvalue weighted by Gasteiger charge is 2.36. The molecule has 1 unspecified atom stereocenters. The van der Waals surface area contributed by atoms with E-state index in [-0.39, 0.29) is 32.5 Å². The summed E-state index contributed by atoms with van der Waals surface area (Å²) in [5.74, 6) is 0. The second-order valence-corrected chi connectivity index (χ2v) is 7.48. The molecule has 2 heterocycles. The molecule has 0 spiro atoms. The van der Waals surface area contributed by atoms with Crippen LogP contribution in [-0.4, -0.2) is 69.2 Å². The third kappa shape index (κ3) is 5.27. The Hall–Kier alpha value is -0.0100. The molecule has 8 heteroatoms. The molecule has 0 aromatic carbocycles. The minimum Gasteiger partial charge on any atom is -0.390 e. The molecule has 7 atom stereocenters. The van der Waals surface area contributed by atoms with Crippen molar-refractivity contribution in [2.75, 3.05) is 39.7 Å². The van der Waals surface area contributed by atoms with Gasteiger partial charge < -0.3 is 28.4 Å². The predicted molar refractivity (Wildman–Crippen MR) is 80.2 cm³/mol. The van der Waals surface area contributed by atoms with Crippen molar-refractivity contribution < 1.29 is 37.0 Å². The zero-order chi connectivity index (χ0) is 18.4. The van der Waals surface area contributed by atoms with E-state index in [1.165, 1.54) is 7.11 Å². The normalized spacial score (nSPS) is 43.5. The van der Waals surface area contributed by atoms with Crippen molar-refractivity contribution in [2.24, 2.45) is 0 Å². The van der Waals surface area contributed by atoms with Gasteiger partial charge in [0.1, 0.15) is 6.10 Å². The molecule has 130 valence electrons. The molecule has 0 bridgehead atoms. The lowest BCUT2D eigenvalue weighted by Crippen LogP contribution is -2.27. The summed E-state index contributed by atoms with van der Waals surface area (Å²) < 4.78 is 62.4. The van der Waals surface area contributed by atoms with Crippen LogP contribution in [0.2, 0.25) is 0 Å². The summed E-state index contributed by atoms with van der Waals surface area (Å²) in [6.45, 7) is -1.49. The minimum atomic E-state index is -3.55. The molecule has 0 radical (unpaired) electrons. The molecule has 0 saturated carbocycles. The summed E-state index contributed by atoms with van der Waals surface area (Å²) in [7, 11) is -2.02. The molecule has 0 aliphatic carbocycles. The Morgan fingerprint density at radius 1 is 1.45 bits per heavy atom. The van der Waals surface area contributed by atoms with E-state index in [9.17, 15) is 9.67 Å². The van der Waals surface area contributed by atoms with E-state index in [0.29, 0.717) is 13.0 Å². The van der Waals surface area contributed by atoms with E-state index in [4.69, 9.17) is 27.4 Å². The Balaban J connectivity index is 1.96. The van der Waals surface area contributed by atoms with E-state index in [1.54, 1.807) is 0 Å². The van der Waals surface area contributed by atoms with Gasteiger partial charge in [-0.2, -0.15) is 0 Å².